The number of benzene rings is 2. The van der Waals surface area contributed by atoms with Gasteiger partial charge >= 0.3 is 5.97 Å². The van der Waals surface area contributed by atoms with E-state index in [1.165, 1.54) is 16.6 Å². The molecule has 1 unspecified atom stereocenters. The van der Waals surface area contributed by atoms with Gasteiger partial charge in [-0.2, -0.15) is 9.97 Å². The van der Waals surface area contributed by atoms with Crippen molar-refractivity contribution in [3.63, 3.8) is 0 Å². The molecule has 1 saturated heterocycles. The maximum atomic E-state index is 12.6. The van der Waals surface area contributed by atoms with E-state index in [4.69, 9.17) is 9.72 Å². The number of carboxylic acid groups (broad SMARTS) is 1. The summed E-state index contributed by atoms with van der Waals surface area (Å²) in [7, 11) is -3.50. The Bertz CT molecular complexity index is 1870. The minimum Gasteiger partial charge on any atom is -0.481 e. The molecule has 0 saturated carbocycles. The van der Waals surface area contributed by atoms with E-state index in [0.29, 0.717) is 53.4 Å². The van der Waals surface area contributed by atoms with Crippen molar-refractivity contribution in [2.24, 2.45) is 5.41 Å². The van der Waals surface area contributed by atoms with Crippen molar-refractivity contribution >= 4 is 55.9 Å². The van der Waals surface area contributed by atoms with E-state index in [2.05, 4.69) is 27.5 Å². The number of aromatic nitrogens is 3. The monoisotopic (exact) mass is 647 g/mol. The summed E-state index contributed by atoms with van der Waals surface area (Å²) in [6.07, 6.45) is 5.26. The first-order chi connectivity index (χ1) is 21.8. The average molecular weight is 648 g/mol. The van der Waals surface area contributed by atoms with E-state index in [0.717, 1.165) is 13.0 Å². The molecule has 1 fully saturated rings. The molecule has 5 rings (SSSR count). The Balaban J connectivity index is 1.48. The van der Waals surface area contributed by atoms with Crippen molar-refractivity contribution in [3.05, 3.63) is 73.4 Å². The molecule has 1 aliphatic rings. The Labute approximate surface area is 267 Å². The van der Waals surface area contributed by atoms with Crippen LogP contribution in [0.15, 0.2) is 73.4 Å². The van der Waals surface area contributed by atoms with Crippen LogP contribution in [0.5, 0.6) is 11.6 Å². The third kappa shape index (κ3) is 7.46. The van der Waals surface area contributed by atoms with Crippen LogP contribution in [0.4, 0.5) is 23.0 Å². The molecule has 3 heterocycles. The van der Waals surface area contributed by atoms with Crippen LogP contribution in [0.25, 0.3) is 11.0 Å². The first kappa shape index (κ1) is 32.4. The van der Waals surface area contributed by atoms with Gasteiger partial charge in [-0.1, -0.05) is 12.6 Å². The summed E-state index contributed by atoms with van der Waals surface area (Å²) in [5, 5.41) is 19.3. The molecule has 0 radical (unpaired) electrons. The van der Waals surface area contributed by atoms with Gasteiger partial charge in [0.15, 0.2) is 0 Å². The standard InChI is InChI=1S/C32H37N7O6S/c1-5-27(40)34-22-7-6-8-25(19-22)45-29-26-14-17-38(18-15-32(2,3)30(41)42)28(26)36-31(37-29)35-21-9-11-23(12-10-21)39(46(4,43)44)24-13-16-33-20-24/h5-12,14,17,19,24,33H,1,13,15-16,18,20H2,2-4H3,(H,34,40)(H,41,42)(H,35,36,37). The molecule has 2 aromatic carbocycles. The number of carbonyl (C=O) groups excluding carboxylic acids is 1. The van der Waals surface area contributed by atoms with Gasteiger partial charge in [0.25, 0.3) is 0 Å². The summed E-state index contributed by atoms with van der Waals surface area (Å²) >= 11 is 0. The van der Waals surface area contributed by atoms with Crippen LogP contribution < -0.4 is 25.0 Å². The largest absolute Gasteiger partial charge is 0.481 e. The second kappa shape index (κ2) is 13.2. The van der Waals surface area contributed by atoms with E-state index in [9.17, 15) is 23.1 Å². The number of hydrogen-bond donors (Lipinski definition) is 4. The predicted octanol–water partition coefficient (Wildman–Crippen LogP) is 4.72. The highest BCUT2D eigenvalue weighted by atomic mass is 32.2. The Morgan fingerprint density at radius 3 is 2.59 bits per heavy atom. The molecule has 1 aliphatic heterocycles. The maximum absolute atomic E-state index is 12.6. The van der Waals surface area contributed by atoms with Gasteiger partial charge in [0, 0.05) is 36.7 Å². The number of aliphatic carboxylic acids is 1. The quantitative estimate of drug-likeness (QED) is 0.149. The van der Waals surface area contributed by atoms with Gasteiger partial charge in [0.05, 0.1) is 28.8 Å². The molecular formula is C32H37N7O6S. The molecule has 14 heteroatoms. The number of carbonyl (C=O) groups is 2. The second-order valence-corrected chi connectivity index (χ2v) is 13.6. The normalized spacial score (nSPS) is 15.0. The van der Waals surface area contributed by atoms with Crippen molar-refractivity contribution in [2.45, 2.75) is 39.3 Å². The molecule has 2 aromatic heterocycles. The van der Waals surface area contributed by atoms with Crippen LogP contribution in [0.2, 0.25) is 0 Å². The molecule has 242 valence electrons. The Hall–Kier alpha value is -4.95. The molecule has 0 bridgehead atoms. The van der Waals surface area contributed by atoms with Crippen molar-refractivity contribution < 1.29 is 27.9 Å². The highest BCUT2D eigenvalue weighted by Crippen LogP contribution is 2.33. The zero-order valence-electron chi connectivity index (χ0n) is 25.9. The van der Waals surface area contributed by atoms with Gasteiger partial charge in [-0.25, -0.2) is 8.42 Å². The Morgan fingerprint density at radius 1 is 1.17 bits per heavy atom. The molecular weight excluding hydrogens is 610 g/mol. The number of anilines is 4. The summed E-state index contributed by atoms with van der Waals surface area (Å²) < 4.78 is 34.8. The van der Waals surface area contributed by atoms with E-state index < -0.39 is 21.4 Å². The maximum Gasteiger partial charge on any atom is 0.309 e. The van der Waals surface area contributed by atoms with Crippen LogP contribution >= 0.6 is 0 Å². The summed E-state index contributed by atoms with van der Waals surface area (Å²) in [6.45, 7) is 8.54. The lowest BCUT2D eigenvalue weighted by molar-refractivity contribution is -0.147. The Morgan fingerprint density at radius 2 is 1.93 bits per heavy atom. The number of sulfonamides is 1. The van der Waals surface area contributed by atoms with Gasteiger partial charge in [-0.3, -0.25) is 13.9 Å². The molecule has 4 aromatic rings. The van der Waals surface area contributed by atoms with Crippen molar-refractivity contribution in [3.8, 4) is 11.6 Å². The molecule has 0 spiro atoms. The van der Waals surface area contributed by atoms with Gasteiger partial charge < -0.3 is 30.4 Å². The second-order valence-electron chi connectivity index (χ2n) is 11.7. The van der Waals surface area contributed by atoms with Gasteiger partial charge in [-0.05, 0) is 81.8 Å². The molecule has 1 atom stereocenters. The topological polar surface area (TPSA) is 168 Å². The highest BCUT2D eigenvalue weighted by Gasteiger charge is 2.30. The lowest BCUT2D eigenvalue weighted by Gasteiger charge is -2.28. The zero-order valence-corrected chi connectivity index (χ0v) is 26.7. The van der Waals surface area contributed by atoms with Crippen molar-refractivity contribution in [1.82, 2.24) is 19.9 Å². The zero-order chi connectivity index (χ0) is 33.1. The number of aryl methyl sites for hydroxylation is 1. The minimum atomic E-state index is -3.50. The van der Waals surface area contributed by atoms with E-state index in [-0.39, 0.29) is 23.8 Å². The van der Waals surface area contributed by atoms with E-state index in [1.54, 1.807) is 74.6 Å². The third-order valence-corrected chi connectivity index (χ3v) is 8.97. The van der Waals surface area contributed by atoms with Crippen LogP contribution in [0.1, 0.15) is 26.7 Å². The summed E-state index contributed by atoms with van der Waals surface area (Å²) in [6, 6.07) is 15.4. The van der Waals surface area contributed by atoms with Crippen LogP contribution in [-0.2, 0) is 26.2 Å². The van der Waals surface area contributed by atoms with Crippen LogP contribution in [0.3, 0.4) is 0 Å². The smallest absolute Gasteiger partial charge is 0.309 e. The number of carboxylic acids is 1. The van der Waals surface area contributed by atoms with Gasteiger partial charge in [0.1, 0.15) is 11.4 Å². The number of nitrogens with one attached hydrogen (secondary N) is 3. The fourth-order valence-electron chi connectivity index (χ4n) is 5.13. The fraction of sp³-hybridized carbons (Fsp3) is 0.312. The number of nitrogens with zero attached hydrogens (tertiary/aromatic N) is 4. The number of amides is 1. The third-order valence-electron chi connectivity index (χ3n) is 7.74. The molecule has 46 heavy (non-hydrogen) atoms. The van der Waals surface area contributed by atoms with Crippen LogP contribution in [0, 0.1) is 5.41 Å². The lowest BCUT2D eigenvalue weighted by atomic mass is 9.90. The molecule has 1 amide bonds. The first-order valence-electron chi connectivity index (χ1n) is 14.7. The molecule has 13 nitrogen and oxygen atoms in total. The lowest BCUT2D eigenvalue weighted by Crippen LogP contribution is -2.41. The number of rotatable bonds is 13. The highest BCUT2D eigenvalue weighted by molar-refractivity contribution is 7.92. The number of fused-ring (bicyclic) bond motifs is 1. The number of ether oxygens (including phenoxy) is 1. The Kier molecular flexibility index (Phi) is 9.30. The van der Waals surface area contributed by atoms with Crippen LogP contribution in [-0.4, -0.2) is 65.3 Å². The molecule has 4 N–H and O–H groups in total. The summed E-state index contributed by atoms with van der Waals surface area (Å²) in [4.78, 5) is 32.9. The SMILES string of the molecule is C=CC(=O)Nc1cccc(Oc2nc(Nc3ccc(N(C4CCNC4)S(C)(=O)=O)cc3)nc3c2ccn3CCC(C)(C)C(=O)O)c1. The summed E-state index contributed by atoms with van der Waals surface area (Å²) in [5.41, 5.74) is 1.26. The minimum absolute atomic E-state index is 0.165. The van der Waals surface area contributed by atoms with Crippen molar-refractivity contribution in [2.75, 3.05) is 34.3 Å². The van der Waals surface area contributed by atoms with Crippen molar-refractivity contribution in [1.29, 1.82) is 0 Å². The first-order valence-corrected chi connectivity index (χ1v) is 16.6. The predicted molar refractivity (Wildman–Crippen MR) is 177 cm³/mol. The number of hydrogen-bond acceptors (Lipinski definition) is 9. The van der Waals surface area contributed by atoms with Gasteiger partial charge in [-0.15, -0.1) is 0 Å². The van der Waals surface area contributed by atoms with E-state index in [1.807, 2.05) is 4.57 Å². The van der Waals surface area contributed by atoms with E-state index >= 15 is 0 Å². The summed E-state index contributed by atoms with van der Waals surface area (Å²) in [5.74, 6) is -0.386. The average Bonchev–Trinajstić information content (AvgIpc) is 3.67. The van der Waals surface area contributed by atoms with Gasteiger partial charge in [0.2, 0.25) is 27.8 Å². The molecule has 0 aliphatic carbocycles. The fourth-order valence-corrected chi connectivity index (χ4v) is 6.36.